The van der Waals surface area contributed by atoms with E-state index in [1.165, 1.54) is 29.2 Å². The van der Waals surface area contributed by atoms with Crippen molar-refractivity contribution in [3.05, 3.63) is 69.1 Å². The number of halogens is 2. The lowest BCUT2D eigenvalue weighted by atomic mass is 10.2. The molecule has 9 heteroatoms. The van der Waals surface area contributed by atoms with Crippen LogP contribution >= 0.6 is 46.3 Å². The summed E-state index contributed by atoms with van der Waals surface area (Å²) in [5.41, 5.74) is 1.85. The van der Waals surface area contributed by atoms with Crippen LogP contribution in [0.15, 0.2) is 52.7 Å². The number of nitrogens with one attached hydrogen (secondary N) is 2. The van der Waals surface area contributed by atoms with E-state index in [2.05, 4.69) is 15.6 Å². The van der Waals surface area contributed by atoms with E-state index >= 15 is 0 Å². The number of carbonyl (C=O) groups excluding carboxylic acids is 2. The lowest BCUT2D eigenvalue weighted by Gasteiger charge is -2.11. The van der Waals surface area contributed by atoms with Gasteiger partial charge in [-0.15, -0.1) is 23.1 Å². The fourth-order valence-corrected chi connectivity index (χ4v) is 4.42. The first-order chi connectivity index (χ1) is 13.8. The smallest absolute Gasteiger partial charge is 0.257 e. The highest BCUT2D eigenvalue weighted by atomic mass is 35.5. The van der Waals surface area contributed by atoms with E-state index in [9.17, 15) is 9.59 Å². The highest BCUT2D eigenvalue weighted by Gasteiger charge is 2.16. The second kappa shape index (κ2) is 9.63. The van der Waals surface area contributed by atoms with Crippen LogP contribution in [-0.4, -0.2) is 22.0 Å². The molecule has 0 fully saturated rings. The SMILES string of the molecule is Cc1csc(NC(=O)C(C)Sc2ccc(NC(=O)c3ccc(Cl)cc3Cl)cc2)n1. The van der Waals surface area contributed by atoms with Gasteiger partial charge in [-0.2, -0.15) is 0 Å². The van der Waals surface area contributed by atoms with Gasteiger partial charge in [-0.25, -0.2) is 4.98 Å². The van der Waals surface area contributed by atoms with Crippen LogP contribution in [0.5, 0.6) is 0 Å². The Morgan fingerprint density at radius 1 is 1.10 bits per heavy atom. The maximum absolute atomic E-state index is 12.4. The summed E-state index contributed by atoms with van der Waals surface area (Å²) >= 11 is 14.8. The Kier molecular flexibility index (Phi) is 7.18. The number of amides is 2. The van der Waals surface area contributed by atoms with Crippen LogP contribution < -0.4 is 10.6 Å². The average molecular weight is 466 g/mol. The van der Waals surface area contributed by atoms with Crippen molar-refractivity contribution in [3.63, 3.8) is 0 Å². The van der Waals surface area contributed by atoms with Crippen molar-refractivity contribution in [2.45, 2.75) is 24.0 Å². The predicted octanol–water partition coefficient (Wildman–Crippen LogP) is 6.13. The molecule has 0 aliphatic carbocycles. The first-order valence-corrected chi connectivity index (χ1v) is 11.1. The maximum Gasteiger partial charge on any atom is 0.257 e. The van der Waals surface area contributed by atoms with Crippen LogP contribution in [0.4, 0.5) is 10.8 Å². The molecule has 0 saturated carbocycles. The van der Waals surface area contributed by atoms with Gasteiger partial charge in [-0.05, 0) is 56.3 Å². The molecular formula is C20H17Cl2N3O2S2. The minimum atomic E-state index is -0.321. The number of benzene rings is 2. The molecule has 3 aromatic rings. The van der Waals surface area contributed by atoms with Gasteiger partial charge in [-0.1, -0.05) is 23.2 Å². The van der Waals surface area contributed by atoms with E-state index in [1.54, 1.807) is 24.3 Å². The number of nitrogens with zero attached hydrogens (tertiary/aromatic N) is 1. The minimum Gasteiger partial charge on any atom is -0.322 e. The van der Waals surface area contributed by atoms with Crippen LogP contribution in [0.3, 0.4) is 0 Å². The van der Waals surface area contributed by atoms with E-state index < -0.39 is 0 Å². The third-order valence-electron chi connectivity index (χ3n) is 3.82. The van der Waals surface area contributed by atoms with Crippen molar-refractivity contribution >= 4 is 68.9 Å². The van der Waals surface area contributed by atoms with E-state index in [0.29, 0.717) is 21.4 Å². The highest BCUT2D eigenvalue weighted by molar-refractivity contribution is 8.00. The summed E-state index contributed by atoms with van der Waals surface area (Å²) < 4.78 is 0. The van der Waals surface area contributed by atoms with Crippen LogP contribution in [0, 0.1) is 6.92 Å². The van der Waals surface area contributed by atoms with Crippen molar-refractivity contribution in [2.75, 3.05) is 10.6 Å². The van der Waals surface area contributed by atoms with E-state index in [1.807, 2.05) is 31.4 Å². The third-order valence-corrected chi connectivity index (χ3v) is 6.35. The molecule has 29 heavy (non-hydrogen) atoms. The van der Waals surface area contributed by atoms with Crippen LogP contribution in [-0.2, 0) is 4.79 Å². The standard InChI is InChI=1S/C20H17Cl2N3O2S2/c1-11-10-28-20(23-11)25-18(26)12(2)29-15-6-4-14(5-7-15)24-19(27)16-8-3-13(21)9-17(16)22/h3-10,12H,1-2H3,(H,24,27)(H,23,25,26). The van der Waals surface area contributed by atoms with Gasteiger partial charge in [0, 0.05) is 21.0 Å². The molecular weight excluding hydrogens is 449 g/mol. The van der Waals surface area contributed by atoms with Crippen molar-refractivity contribution in [1.82, 2.24) is 4.98 Å². The summed E-state index contributed by atoms with van der Waals surface area (Å²) in [4.78, 5) is 29.8. The summed E-state index contributed by atoms with van der Waals surface area (Å²) in [7, 11) is 0. The van der Waals surface area contributed by atoms with Crippen LogP contribution in [0.2, 0.25) is 10.0 Å². The van der Waals surface area contributed by atoms with Gasteiger partial charge in [0.05, 0.1) is 21.5 Å². The van der Waals surface area contributed by atoms with E-state index in [-0.39, 0.29) is 22.1 Å². The molecule has 1 atom stereocenters. The molecule has 150 valence electrons. The number of hydrogen-bond acceptors (Lipinski definition) is 5. The van der Waals surface area contributed by atoms with Gasteiger partial charge < -0.3 is 10.6 Å². The van der Waals surface area contributed by atoms with E-state index in [4.69, 9.17) is 23.2 Å². The topological polar surface area (TPSA) is 71.1 Å². The lowest BCUT2D eigenvalue weighted by molar-refractivity contribution is -0.115. The molecule has 2 N–H and O–H groups in total. The van der Waals surface area contributed by atoms with Crippen LogP contribution in [0.25, 0.3) is 0 Å². The van der Waals surface area contributed by atoms with Gasteiger partial charge in [0.15, 0.2) is 5.13 Å². The summed E-state index contributed by atoms with van der Waals surface area (Å²) in [5.74, 6) is -0.433. The summed E-state index contributed by atoms with van der Waals surface area (Å²) in [6.45, 7) is 3.71. The second-order valence-corrected chi connectivity index (χ2v) is 9.26. The summed E-state index contributed by atoms with van der Waals surface area (Å²) in [6.07, 6.45) is 0. The number of hydrogen-bond donors (Lipinski definition) is 2. The highest BCUT2D eigenvalue weighted by Crippen LogP contribution is 2.27. The molecule has 1 unspecified atom stereocenters. The van der Waals surface area contributed by atoms with Gasteiger partial charge >= 0.3 is 0 Å². The van der Waals surface area contributed by atoms with Crippen molar-refractivity contribution in [2.24, 2.45) is 0 Å². The second-order valence-electron chi connectivity index (χ2n) is 6.15. The summed E-state index contributed by atoms with van der Waals surface area (Å²) in [5, 5.41) is 8.55. The molecule has 0 aliphatic heterocycles. The van der Waals surface area contributed by atoms with Gasteiger partial charge in [0.2, 0.25) is 5.91 Å². The zero-order chi connectivity index (χ0) is 21.0. The molecule has 2 amide bonds. The number of thioether (sulfide) groups is 1. The molecule has 1 heterocycles. The molecule has 5 nitrogen and oxygen atoms in total. The van der Waals surface area contributed by atoms with Crippen LogP contribution in [0.1, 0.15) is 23.0 Å². The first-order valence-electron chi connectivity index (χ1n) is 8.58. The fourth-order valence-electron chi connectivity index (χ4n) is 2.36. The fraction of sp³-hybridized carbons (Fsp3) is 0.150. The van der Waals surface area contributed by atoms with E-state index in [0.717, 1.165) is 10.6 Å². The van der Waals surface area contributed by atoms with Gasteiger partial charge in [0.25, 0.3) is 5.91 Å². The Morgan fingerprint density at radius 3 is 2.45 bits per heavy atom. The molecule has 0 saturated heterocycles. The molecule has 0 radical (unpaired) electrons. The van der Waals surface area contributed by atoms with Crippen molar-refractivity contribution in [3.8, 4) is 0 Å². The Morgan fingerprint density at radius 2 is 1.83 bits per heavy atom. The lowest BCUT2D eigenvalue weighted by Crippen LogP contribution is -2.22. The monoisotopic (exact) mass is 465 g/mol. The largest absolute Gasteiger partial charge is 0.322 e. The Balaban J connectivity index is 1.58. The molecule has 3 rings (SSSR count). The number of thiazole rings is 1. The molecule has 1 aromatic heterocycles. The number of carbonyl (C=O) groups is 2. The number of anilines is 2. The third kappa shape index (κ3) is 5.96. The first kappa shape index (κ1) is 21.6. The minimum absolute atomic E-state index is 0.112. The van der Waals surface area contributed by atoms with Gasteiger partial charge in [0.1, 0.15) is 0 Å². The Labute approximate surface area is 186 Å². The number of aromatic nitrogens is 1. The van der Waals surface area contributed by atoms with Gasteiger partial charge in [-0.3, -0.25) is 9.59 Å². The zero-order valence-corrected chi connectivity index (χ0v) is 18.7. The summed E-state index contributed by atoms with van der Waals surface area (Å²) in [6, 6.07) is 12.0. The molecule has 0 bridgehead atoms. The zero-order valence-electron chi connectivity index (χ0n) is 15.5. The Bertz CT molecular complexity index is 1040. The number of rotatable bonds is 6. The normalized spacial score (nSPS) is 11.7. The van der Waals surface area contributed by atoms with Crippen molar-refractivity contribution < 1.29 is 9.59 Å². The quantitative estimate of drug-likeness (QED) is 0.429. The number of aryl methyl sites for hydroxylation is 1. The maximum atomic E-state index is 12.4. The van der Waals surface area contributed by atoms with Crippen molar-refractivity contribution in [1.29, 1.82) is 0 Å². The average Bonchev–Trinajstić information content (AvgIpc) is 3.07. The predicted molar refractivity (Wildman–Crippen MR) is 122 cm³/mol. The Hall–Kier alpha value is -2.06. The molecule has 0 aliphatic rings. The molecule has 0 spiro atoms. The molecule has 2 aromatic carbocycles.